The smallest absolute Gasteiger partial charge is 0.320 e. The van der Waals surface area contributed by atoms with Gasteiger partial charge in [0.25, 0.3) is 11.4 Å². The summed E-state index contributed by atoms with van der Waals surface area (Å²) in [5.74, 6) is -0.688. The molecule has 2 amide bonds. The second-order valence-electron chi connectivity index (χ2n) is 15.2. The number of hydrogen-bond acceptors (Lipinski definition) is 11. The third kappa shape index (κ3) is 12.1. The number of benzene rings is 4. The number of rotatable bonds is 14. The first-order chi connectivity index (χ1) is 29.4. The van der Waals surface area contributed by atoms with E-state index in [1.54, 1.807) is 46.2 Å². The number of amides is 2. The van der Waals surface area contributed by atoms with Crippen LogP contribution < -0.4 is 0 Å². The molecule has 6 rings (SSSR count). The van der Waals surface area contributed by atoms with Crippen LogP contribution >= 0.6 is 23.5 Å². The van der Waals surface area contributed by atoms with Crippen molar-refractivity contribution in [2.45, 2.75) is 37.5 Å². The molecule has 2 saturated heterocycles. The lowest BCUT2D eigenvalue weighted by molar-refractivity contribution is -0.385. The van der Waals surface area contributed by atoms with Crippen LogP contribution in [0, 0.1) is 47.9 Å². The summed E-state index contributed by atoms with van der Waals surface area (Å²) in [5.41, 5.74) is 4.71. The summed E-state index contributed by atoms with van der Waals surface area (Å²) in [5, 5.41) is 22.9. The van der Waals surface area contributed by atoms with Crippen molar-refractivity contribution in [1.29, 1.82) is 0 Å². The zero-order chi connectivity index (χ0) is 44.8. The van der Waals surface area contributed by atoms with Crippen molar-refractivity contribution < 1.29 is 31.5 Å². The molecule has 0 aromatic heterocycles. The minimum absolute atomic E-state index is 0.0679. The minimum Gasteiger partial charge on any atom is -0.322 e. The van der Waals surface area contributed by atoms with Crippen molar-refractivity contribution in [1.82, 2.24) is 18.4 Å². The van der Waals surface area contributed by atoms with Gasteiger partial charge in [-0.25, -0.2) is 21.6 Å². The number of sulfonamides is 2. The maximum atomic E-state index is 13.9. The van der Waals surface area contributed by atoms with E-state index in [-0.39, 0.29) is 81.3 Å². The van der Waals surface area contributed by atoms with Gasteiger partial charge in [-0.15, -0.1) is 0 Å². The van der Waals surface area contributed by atoms with Crippen molar-refractivity contribution >= 4 is 73.1 Å². The Morgan fingerprint density at radius 3 is 1.31 bits per heavy atom. The molecule has 0 aliphatic carbocycles. The van der Waals surface area contributed by atoms with Gasteiger partial charge in [-0.2, -0.15) is 8.61 Å². The summed E-state index contributed by atoms with van der Waals surface area (Å²) < 4.78 is 58.4. The first kappa shape index (κ1) is 46.5. The van der Waals surface area contributed by atoms with Gasteiger partial charge < -0.3 is 9.80 Å². The molecule has 0 N–H and O–H groups in total. The van der Waals surface area contributed by atoms with Crippen LogP contribution in [0.1, 0.15) is 33.4 Å². The molecule has 0 spiro atoms. The van der Waals surface area contributed by atoms with Gasteiger partial charge in [0.05, 0.1) is 21.4 Å². The molecule has 0 atom stereocenters. The first-order valence-electron chi connectivity index (χ1n) is 19.8. The van der Waals surface area contributed by atoms with Crippen LogP contribution in [-0.4, -0.2) is 115 Å². The van der Waals surface area contributed by atoms with Crippen LogP contribution in [0.3, 0.4) is 0 Å². The molecule has 62 heavy (non-hydrogen) atoms. The quantitative estimate of drug-likeness (QED) is 0.0685. The molecule has 2 aliphatic rings. The Morgan fingerprint density at radius 1 is 0.581 bits per heavy atom. The Labute approximate surface area is 370 Å². The van der Waals surface area contributed by atoms with E-state index in [2.05, 4.69) is 0 Å². The summed E-state index contributed by atoms with van der Waals surface area (Å²) in [6.07, 6.45) is 3.32. The molecule has 0 radical (unpaired) electrons. The van der Waals surface area contributed by atoms with Crippen LogP contribution in [0.2, 0.25) is 0 Å². The number of non-ortho nitro benzene ring substituents is 2. The number of urea groups is 1. The molecule has 4 aromatic rings. The van der Waals surface area contributed by atoms with E-state index in [1.165, 1.54) is 56.4 Å². The van der Waals surface area contributed by atoms with Crippen molar-refractivity contribution in [2.75, 3.05) is 63.9 Å². The Bertz CT molecular complexity index is 2460. The summed E-state index contributed by atoms with van der Waals surface area (Å²) in [6, 6.07) is 23.5. The fraction of sp³-hybridized carbons (Fsp3) is 0.326. The predicted molar refractivity (Wildman–Crippen MR) is 245 cm³/mol. The number of nitro benzene ring substituents is 2. The van der Waals surface area contributed by atoms with Gasteiger partial charge in [-0.3, -0.25) is 20.2 Å². The monoisotopic (exact) mass is 920 g/mol. The van der Waals surface area contributed by atoms with Gasteiger partial charge in [0.15, 0.2) is 0 Å². The largest absolute Gasteiger partial charge is 0.322 e. The minimum atomic E-state index is -3.88. The first-order valence-corrected chi connectivity index (χ1v) is 24.6. The van der Waals surface area contributed by atoms with Gasteiger partial charge in [0, 0.05) is 96.2 Å². The van der Waals surface area contributed by atoms with Crippen LogP contribution in [0.15, 0.2) is 105 Å². The van der Waals surface area contributed by atoms with E-state index in [1.807, 2.05) is 64.1 Å². The number of piperazine rings is 2. The number of hydrogen-bond donors (Lipinski definition) is 0. The molecule has 4 aromatic carbocycles. The van der Waals surface area contributed by atoms with Crippen LogP contribution in [0.5, 0.6) is 0 Å². The van der Waals surface area contributed by atoms with Crippen molar-refractivity contribution in [2.24, 2.45) is 0 Å². The average molecular weight is 921 g/mol. The maximum Gasteiger partial charge on any atom is 0.320 e. The predicted octanol–water partition coefficient (Wildman–Crippen LogP) is 7.72. The summed E-state index contributed by atoms with van der Waals surface area (Å²) in [6.45, 7) is 8.61. The number of nitro groups is 2. The number of thioether (sulfide) groups is 2. The lowest BCUT2D eigenvalue weighted by Gasteiger charge is -2.40. The lowest BCUT2D eigenvalue weighted by atomic mass is 10.2. The van der Waals surface area contributed by atoms with Crippen molar-refractivity contribution in [3.8, 4) is 0 Å². The molecule has 2 fully saturated rings. The second kappa shape index (κ2) is 20.0. The third-order valence-corrected chi connectivity index (χ3v) is 16.8. The maximum absolute atomic E-state index is 13.9. The SMILES string of the molecule is Cc1ccc(C)c(SC(=Cc2cccc([N+](=O)[O-])c2)CS(=O)(=O)N2CCN(C(=O)N3CCN(S(=O)(=O)CC(=Cc4cccc([N+](=O)[O-])c4)Sc4cc(C)ccc4C)CC3)CC2)c1. The average Bonchev–Trinajstić information content (AvgIpc) is 3.23. The molecule has 328 valence electrons. The van der Waals surface area contributed by atoms with Crippen LogP contribution in [0.4, 0.5) is 16.2 Å². The zero-order valence-electron chi connectivity index (χ0n) is 34.8. The number of nitrogens with zero attached hydrogens (tertiary/aromatic N) is 6. The fourth-order valence-electron chi connectivity index (χ4n) is 7.00. The normalized spacial score (nSPS) is 16.1. The van der Waals surface area contributed by atoms with E-state index in [9.17, 15) is 41.9 Å². The summed E-state index contributed by atoms with van der Waals surface area (Å²) >= 11 is 2.60. The lowest BCUT2D eigenvalue weighted by Crippen LogP contribution is -2.58. The van der Waals surface area contributed by atoms with E-state index in [4.69, 9.17) is 0 Å². The molecular formula is C43H48N6O9S4. The molecule has 0 bridgehead atoms. The third-order valence-electron chi connectivity index (χ3n) is 10.4. The highest BCUT2D eigenvalue weighted by molar-refractivity contribution is 8.04. The Hall–Kier alpha value is -5.05. The van der Waals surface area contributed by atoms with Gasteiger partial charge in [-0.05, 0) is 85.4 Å². The van der Waals surface area contributed by atoms with Gasteiger partial charge in [-0.1, -0.05) is 72.1 Å². The molecule has 2 aliphatic heterocycles. The standard InChI is InChI=1S/C43H48N6O9S4/c1-31-11-13-33(3)41(23-31)59-39(27-35-7-5-9-37(25-35)48(51)52)29-61(55,56)46-19-15-44(16-20-46)43(50)45-17-21-47(22-18-45)62(57,58)30-40(60-42-24-32(2)12-14-34(42)4)28-36-8-6-10-38(26-36)49(53)54/h5-14,23-28H,15-22,29-30H2,1-4H3. The summed E-state index contributed by atoms with van der Waals surface area (Å²) in [7, 11) is -7.76. The van der Waals surface area contributed by atoms with Gasteiger partial charge >= 0.3 is 6.03 Å². The second-order valence-corrected chi connectivity index (χ2v) is 21.5. The molecule has 0 saturated carbocycles. The zero-order valence-corrected chi connectivity index (χ0v) is 38.1. The summed E-state index contributed by atoms with van der Waals surface area (Å²) in [4.78, 5) is 41.5. The Balaban J connectivity index is 1.09. The van der Waals surface area contributed by atoms with Gasteiger partial charge in [0.2, 0.25) is 20.0 Å². The highest BCUT2D eigenvalue weighted by Crippen LogP contribution is 2.35. The Kier molecular flexibility index (Phi) is 15.0. The van der Waals surface area contributed by atoms with E-state index in [0.29, 0.717) is 20.9 Å². The highest BCUT2D eigenvalue weighted by atomic mass is 32.2. The molecule has 2 heterocycles. The van der Waals surface area contributed by atoms with Crippen LogP contribution in [-0.2, 0) is 20.0 Å². The van der Waals surface area contributed by atoms with E-state index in [0.717, 1.165) is 32.0 Å². The van der Waals surface area contributed by atoms with Crippen LogP contribution in [0.25, 0.3) is 12.2 Å². The molecule has 0 unspecified atom stereocenters. The van der Waals surface area contributed by atoms with E-state index >= 15 is 0 Å². The fourth-order valence-corrected chi connectivity index (χ4v) is 13.0. The van der Waals surface area contributed by atoms with Crippen molar-refractivity contribution in [3.63, 3.8) is 0 Å². The van der Waals surface area contributed by atoms with Crippen molar-refractivity contribution in [3.05, 3.63) is 148 Å². The molecular weight excluding hydrogens is 873 g/mol. The molecule has 19 heteroatoms. The number of carbonyl (C=O) groups is 1. The highest BCUT2D eigenvalue weighted by Gasteiger charge is 2.35. The Morgan fingerprint density at radius 2 is 0.952 bits per heavy atom. The molecule has 15 nitrogen and oxygen atoms in total. The number of aryl methyl sites for hydroxylation is 4. The topological polar surface area (TPSA) is 185 Å². The number of carbonyl (C=O) groups excluding carboxylic acids is 1. The van der Waals surface area contributed by atoms with Gasteiger partial charge in [0.1, 0.15) is 0 Å². The van der Waals surface area contributed by atoms with E-state index < -0.39 is 29.9 Å².